The summed E-state index contributed by atoms with van der Waals surface area (Å²) in [5.41, 5.74) is 0.947. The topological polar surface area (TPSA) is 146 Å². The van der Waals surface area contributed by atoms with Crippen molar-refractivity contribution in [1.82, 2.24) is 10.3 Å². The van der Waals surface area contributed by atoms with Crippen molar-refractivity contribution < 1.29 is 37.7 Å². The Labute approximate surface area is 251 Å². The molecule has 1 atom stereocenters. The predicted octanol–water partition coefficient (Wildman–Crippen LogP) is 5.89. The lowest BCUT2D eigenvalue weighted by Crippen LogP contribution is -2.46. The number of aromatic nitrogens is 1. The van der Waals surface area contributed by atoms with Gasteiger partial charge in [-0.1, -0.05) is 18.2 Å². The second-order valence-corrected chi connectivity index (χ2v) is 10.9. The van der Waals surface area contributed by atoms with Crippen molar-refractivity contribution in [3.05, 3.63) is 101 Å². The van der Waals surface area contributed by atoms with E-state index >= 15 is 0 Å². The lowest BCUT2D eigenvalue weighted by atomic mass is 10.1. The molecule has 2 heterocycles. The van der Waals surface area contributed by atoms with Gasteiger partial charge in [-0.05, 0) is 68.8 Å². The number of amides is 1. The minimum absolute atomic E-state index is 0.0755. The molecule has 44 heavy (non-hydrogen) atoms. The van der Waals surface area contributed by atoms with Crippen LogP contribution in [0.25, 0.3) is 21.9 Å². The fourth-order valence-electron chi connectivity index (χ4n) is 4.48. The number of methoxy groups -OCH3 is 1. The van der Waals surface area contributed by atoms with Gasteiger partial charge in [-0.25, -0.2) is 14.4 Å². The van der Waals surface area contributed by atoms with Crippen molar-refractivity contribution in [3.63, 3.8) is 0 Å². The van der Waals surface area contributed by atoms with Crippen molar-refractivity contribution >= 4 is 39.9 Å². The first-order valence-electron chi connectivity index (χ1n) is 13.7. The summed E-state index contributed by atoms with van der Waals surface area (Å²) in [6.07, 6.45) is 2.29. The Morgan fingerprint density at radius 3 is 2.41 bits per heavy atom. The maximum atomic E-state index is 13.4. The minimum Gasteiger partial charge on any atom is -0.465 e. The maximum absolute atomic E-state index is 13.4. The van der Waals surface area contributed by atoms with E-state index in [1.54, 1.807) is 27.0 Å². The largest absolute Gasteiger partial charge is 0.465 e. The van der Waals surface area contributed by atoms with E-state index in [1.807, 2.05) is 24.3 Å². The smallest absolute Gasteiger partial charge is 0.408 e. The molecule has 3 aromatic carbocycles. The third kappa shape index (κ3) is 6.89. The van der Waals surface area contributed by atoms with Crippen LogP contribution in [-0.2, 0) is 20.7 Å². The van der Waals surface area contributed by atoms with E-state index in [1.165, 1.54) is 49.6 Å². The molecule has 0 saturated carbocycles. The molecule has 5 rings (SSSR count). The number of rotatable bonds is 8. The van der Waals surface area contributed by atoms with Crippen LogP contribution in [-0.4, -0.2) is 41.8 Å². The van der Waals surface area contributed by atoms with Crippen LogP contribution in [0.1, 0.15) is 36.7 Å². The highest BCUT2D eigenvalue weighted by Gasteiger charge is 2.27. The number of ether oxygens (including phenoxy) is 4. The molecule has 11 nitrogen and oxygen atoms in total. The Kier molecular flexibility index (Phi) is 8.38. The van der Waals surface area contributed by atoms with Gasteiger partial charge in [-0.3, -0.25) is 4.79 Å². The molecule has 0 unspecified atom stereocenters. The molecule has 0 radical (unpaired) electrons. The average Bonchev–Trinajstić information content (AvgIpc) is 3.40. The Balaban J connectivity index is 1.35. The Bertz CT molecular complexity index is 1900. The highest BCUT2D eigenvalue weighted by atomic mass is 16.6. The van der Waals surface area contributed by atoms with E-state index in [9.17, 15) is 19.2 Å². The van der Waals surface area contributed by atoms with E-state index in [0.29, 0.717) is 11.3 Å². The lowest BCUT2D eigenvalue weighted by molar-refractivity contribution is -0.136. The number of nitrogens with one attached hydrogen (secondary N) is 2. The molecule has 226 valence electrons. The van der Waals surface area contributed by atoms with Gasteiger partial charge in [0.15, 0.2) is 0 Å². The van der Waals surface area contributed by atoms with Crippen molar-refractivity contribution in [2.24, 2.45) is 0 Å². The summed E-state index contributed by atoms with van der Waals surface area (Å²) in [5, 5.41) is 3.72. The highest BCUT2D eigenvalue weighted by Crippen LogP contribution is 2.25. The van der Waals surface area contributed by atoms with E-state index < -0.39 is 35.1 Å². The quantitative estimate of drug-likeness (QED) is 0.165. The Hall–Kier alpha value is -5.58. The second kappa shape index (κ2) is 12.3. The maximum Gasteiger partial charge on any atom is 0.408 e. The highest BCUT2D eigenvalue weighted by molar-refractivity contribution is 5.89. The van der Waals surface area contributed by atoms with Gasteiger partial charge in [0, 0.05) is 29.6 Å². The van der Waals surface area contributed by atoms with Crippen LogP contribution in [0.5, 0.6) is 17.2 Å². The second-order valence-electron chi connectivity index (χ2n) is 10.9. The molecule has 1 amide bonds. The first-order valence-corrected chi connectivity index (χ1v) is 13.7. The number of esters is 2. The van der Waals surface area contributed by atoms with Gasteiger partial charge in [0.05, 0.1) is 18.1 Å². The summed E-state index contributed by atoms with van der Waals surface area (Å²) >= 11 is 0. The van der Waals surface area contributed by atoms with Gasteiger partial charge >= 0.3 is 18.0 Å². The van der Waals surface area contributed by atoms with Crippen LogP contribution in [0, 0.1) is 0 Å². The molecular formula is C33H30N2O9. The summed E-state index contributed by atoms with van der Waals surface area (Å²) in [6, 6.07) is 16.9. The van der Waals surface area contributed by atoms with Crippen molar-refractivity contribution in [2.75, 3.05) is 7.11 Å². The first-order chi connectivity index (χ1) is 21.0. The fourth-order valence-corrected chi connectivity index (χ4v) is 4.48. The molecule has 0 aliphatic heterocycles. The average molecular weight is 599 g/mol. The van der Waals surface area contributed by atoms with E-state index in [-0.39, 0.29) is 28.9 Å². The molecule has 0 fully saturated rings. The minimum atomic E-state index is -1.09. The third-order valence-corrected chi connectivity index (χ3v) is 6.51. The van der Waals surface area contributed by atoms with E-state index in [0.717, 1.165) is 22.7 Å². The lowest BCUT2D eigenvalue weighted by Gasteiger charge is -2.23. The molecule has 2 aromatic heterocycles. The number of carbonyl (C=O) groups is 3. The third-order valence-electron chi connectivity index (χ3n) is 6.51. The van der Waals surface area contributed by atoms with Gasteiger partial charge in [0.1, 0.15) is 35.0 Å². The van der Waals surface area contributed by atoms with Crippen LogP contribution in [0.15, 0.2) is 88.4 Å². The number of aromatic amines is 1. The summed E-state index contributed by atoms with van der Waals surface area (Å²) in [5.74, 6) is -0.893. The molecule has 5 aromatic rings. The summed E-state index contributed by atoms with van der Waals surface area (Å²) in [7, 11) is 1.28. The van der Waals surface area contributed by atoms with Crippen LogP contribution in [0.3, 0.4) is 0 Å². The summed E-state index contributed by atoms with van der Waals surface area (Å²) in [4.78, 5) is 53.9. The van der Waals surface area contributed by atoms with Crippen molar-refractivity contribution in [2.45, 2.75) is 38.8 Å². The number of hydrogen-bond donors (Lipinski definition) is 2. The molecule has 0 bridgehead atoms. The molecule has 0 spiro atoms. The van der Waals surface area contributed by atoms with Crippen molar-refractivity contribution in [1.29, 1.82) is 0 Å². The number of benzene rings is 3. The Morgan fingerprint density at radius 2 is 1.68 bits per heavy atom. The van der Waals surface area contributed by atoms with Gasteiger partial charge < -0.3 is 33.7 Å². The van der Waals surface area contributed by atoms with Crippen molar-refractivity contribution in [3.8, 4) is 17.2 Å². The van der Waals surface area contributed by atoms with E-state index in [2.05, 4.69) is 15.0 Å². The van der Waals surface area contributed by atoms with Crippen LogP contribution in [0.2, 0.25) is 0 Å². The predicted molar refractivity (Wildman–Crippen MR) is 161 cm³/mol. The fraction of sp³-hybridized carbons (Fsp3) is 0.212. The van der Waals surface area contributed by atoms with Gasteiger partial charge in [0.25, 0.3) is 0 Å². The SMILES string of the molecule is COC(=O)c1ccc(Oc2coc3cc(OC(=O)[C@H](Cc4c[nH]c5ccccc45)NC(=O)OC(C)(C)C)ccc3c2=O)cc1. The number of fused-ring (bicyclic) bond motifs is 2. The van der Waals surface area contributed by atoms with E-state index in [4.69, 9.17) is 18.6 Å². The van der Waals surface area contributed by atoms with Crippen LogP contribution >= 0.6 is 0 Å². The van der Waals surface area contributed by atoms with Gasteiger partial charge in [0.2, 0.25) is 11.2 Å². The molecule has 11 heteroatoms. The Morgan fingerprint density at radius 1 is 0.955 bits per heavy atom. The van der Waals surface area contributed by atoms with Gasteiger partial charge in [-0.2, -0.15) is 0 Å². The van der Waals surface area contributed by atoms with Gasteiger partial charge in [-0.15, -0.1) is 0 Å². The molecular weight excluding hydrogens is 568 g/mol. The monoisotopic (exact) mass is 598 g/mol. The van der Waals surface area contributed by atoms with Crippen LogP contribution < -0.4 is 20.2 Å². The zero-order valence-electron chi connectivity index (χ0n) is 24.5. The summed E-state index contributed by atoms with van der Waals surface area (Å²) in [6.45, 7) is 5.17. The number of carbonyl (C=O) groups excluding carboxylic acids is 3. The molecule has 0 aliphatic rings. The zero-order valence-corrected chi connectivity index (χ0v) is 24.5. The molecule has 0 aliphatic carbocycles. The number of hydrogen-bond acceptors (Lipinski definition) is 9. The number of alkyl carbamates (subject to hydrolysis) is 1. The summed E-state index contributed by atoms with van der Waals surface area (Å²) < 4.78 is 27.0. The number of para-hydroxylation sites is 1. The first kappa shape index (κ1) is 29.9. The zero-order chi connectivity index (χ0) is 31.4. The molecule has 2 N–H and O–H groups in total. The number of H-pyrrole nitrogens is 1. The standard InChI is InChI=1S/C33H30N2O9/c1-33(2,3)44-32(39)35-26(15-20-17-34-25-8-6-5-7-23(20)25)31(38)43-22-13-14-24-27(16-22)41-18-28(29(24)36)42-21-11-9-19(10-12-21)30(37)40-4/h5-14,16-18,26,34H,15H2,1-4H3,(H,35,39)/t26-/m0/s1. The molecule has 0 saturated heterocycles. The normalized spacial score (nSPS) is 12.0. The van der Waals surface area contributed by atoms with Crippen LogP contribution in [0.4, 0.5) is 4.79 Å².